The van der Waals surface area contributed by atoms with E-state index in [1.807, 2.05) is 16.7 Å². The molecule has 21 heavy (non-hydrogen) atoms. The first-order valence-corrected chi connectivity index (χ1v) is 7.85. The molecule has 2 aromatic rings. The van der Waals surface area contributed by atoms with Crippen molar-refractivity contribution in [2.45, 2.75) is 46.6 Å². The highest BCUT2D eigenvalue weighted by molar-refractivity contribution is 7.18. The fourth-order valence-electron chi connectivity index (χ4n) is 2.29. The maximum atomic E-state index is 12.8. The zero-order valence-corrected chi connectivity index (χ0v) is 14.0. The summed E-state index contributed by atoms with van der Waals surface area (Å²) < 4.78 is 1.86. The number of nitrogens with zero attached hydrogens (tertiary/aromatic N) is 3. The second kappa shape index (κ2) is 5.60. The van der Waals surface area contributed by atoms with E-state index in [2.05, 4.69) is 44.8 Å². The van der Waals surface area contributed by atoms with E-state index in [9.17, 15) is 4.79 Å². The summed E-state index contributed by atoms with van der Waals surface area (Å²) in [6, 6.07) is 3.84. The first-order valence-electron chi connectivity index (χ1n) is 7.04. The molecule has 0 aliphatic rings. The lowest BCUT2D eigenvalue weighted by atomic mass is 9.90. The highest BCUT2D eigenvalue weighted by Gasteiger charge is 2.22. The summed E-state index contributed by atoms with van der Waals surface area (Å²) in [6.45, 7) is 11.2. The summed E-state index contributed by atoms with van der Waals surface area (Å²) in [4.78, 5) is 12.8. The van der Waals surface area contributed by atoms with E-state index >= 15 is 0 Å². The van der Waals surface area contributed by atoms with Crippen molar-refractivity contribution in [3.05, 3.63) is 28.2 Å². The maximum Gasteiger partial charge on any atom is 0.261 e. The SMILES string of the molecule is CC(C)Cn1c(C(C)(C)C)ccc(-c2nnc(N)s2)c1=O. The molecule has 2 N–H and O–H groups in total. The molecule has 0 aromatic carbocycles. The quantitative estimate of drug-likeness (QED) is 0.946. The van der Waals surface area contributed by atoms with Gasteiger partial charge in [-0.25, -0.2) is 0 Å². The fourth-order valence-corrected chi connectivity index (χ4v) is 2.91. The van der Waals surface area contributed by atoms with Gasteiger partial charge in [0, 0.05) is 17.7 Å². The minimum absolute atomic E-state index is 0.0210. The highest BCUT2D eigenvalue weighted by Crippen LogP contribution is 2.26. The van der Waals surface area contributed by atoms with Crippen molar-refractivity contribution < 1.29 is 0 Å². The van der Waals surface area contributed by atoms with Gasteiger partial charge in [-0.15, -0.1) is 10.2 Å². The number of nitrogens with two attached hydrogens (primary N) is 1. The van der Waals surface area contributed by atoms with Gasteiger partial charge in [-0.2, -0.15) is 0 Å². The second-order valence-electron chi connectivity index (χ2n) is 6.64. The molecule has 0 aliphatic carbocycles. The topological polar surface area (TPSA) is 73.8 Å². The lowest BCUT2D eigenvalue weighted by Crippen LogP contribution is -2.31. The predicted molar refractivity (Wildman–Crippen MR) is 87.6 cm³/mol. The number of aromatic nitrogens is 3. The minimum atomic E-state index is -0.0905. The van der Waals surface area contributed by atoms with Crippen molar-refractivity contribution >= 4 is 16.5 Å². The number of hydrogen-bond acceptors (Lipinski definition) is 5. The summed E-state index contributed by atoms with van der Waals surface area (Å²) in [5, 5.41) is 8.74. The zero-order valence-electron chi connectivity index (χ0n) is 13.2. The van der Waals surface area contributed by atoms with Crippen LogP contribution in [0.1, 0.15) is 40.3 Å². The predicted octanol–water partition coefficient (Wildman–Crippen LogP) is 2.90. The Morgan fingerprint density at radius 1 is 1.29 bits per heavy atom. The Bertz CT molecular complexity index is 694. The Morgan fingerprint density at radius 2 is 1.95 bits per heavy atom. The highest BCUT2D eigenvalue weighted by atomic mass is 32.1. The third kappa shape index (κ3) is 3.32. The molecule has 6 heteroatoms. The Kier molecular flexibility index (Phi) is 4.18. The summed E-state index contributed by atoms with van der Waals surface area (Å²) in [6.07, 6.45) is 0. The van der Waals surface area contributed by atoms with E-state index in [1.165, 1.54) is 11.3 Å². The van der Waals surface area contributed by atoms with E-state index in [1.54, 1.807) is 0 Å². The monoisotopic (exact) mass is 306 g/mol. The molecular weight excluding hydrogens is 284 g/mol. The first kappa shape index (κ1) is 15.7. The summed E-state index contributed by atoms with van der Waals surface area (Å²) in [7, 11) is 0. The Hall–Kier alpha value is -1.69. The van der Waals surface area contributed by atoms with Crippen LogP contribution in [0.5, 0.6) is 0 Å². The van der Waals surface area contributed by atoms with Gasteiger partial charge < -0.3 is 10.3 Å². The van der Waals surface area contributed by atoms with Crippen LogP contribution in [-0.4, -0.2) is 14.8 Å². The molecule has 0 saturated heterocycles. The number of anilines is 1. The van der Waals surface area contributed by atoms with E-state index in [4.69, 9.17) is 5.73 Å². The van der Waals surface area contributed by atoms with Crippen LogP contribution in [0.4, 0.5) is 5.13 Å². The van der Waals surface area contributed by atoms with Crippen molar-refractivity contribution in [1.29, 1.82) is 0 Å². The minimum Gasteiger partial charge on any atom is -0.374 e. The Balaban J connectivity index is 2.64. The first-order chi connectivity index (χ1) is 9.70. The number of pyridine rings is 1. The van der Waals surface area contributed by atoms with Gasteiger partial charge in [-0.05, 0) is 18.1 Å². The second-order valence-corrected chi connectivity index (χ2v) is 7.65. The molecule has 2 rings (SSSR count). The van der Waals surface area contributed by atoms with Crippen LogP contribution in [-0.2, 0) is 12.0 Å². The summed E-state index contributed by atoms with van der Waals surface area (Å²) >= 11 is 1.24. The van der Waals surface area contributed by atoms with Gasteiger partial charge in [0.15, 0.2) is 5.01 Å². The van der Waals surface area contributed by atoms with Gasteiger partial charge in [-0.3, -0.25) is 4.79 Å². The van der Waals surface area contributed by atoms with Crippen LogP contribution in [0, 0.1) is 5.92 Å². The third-order valence-corrected chi connectivity index (χ3v) is 3.95. The average molecular weight is 306 g/mol. The fraction of sp³-hybridized carbons (Fsp3) is 0.533. The molecule has 114 valence electrons. The Labute approximate surface area is 128 Å². The number of hydrogen-bond donors (Lipinski definition) is 1. The molecule has 0 atom stereocenters. The molecule has 0 spiro atoms. The molecule has 0 unspecified atom stereocenters. The standard InChI is InChI=1S/C15H22N4OS/c1-9(2)8-19-11(15(3,4)5)7-6-10(13(19)20)12-17-18-14(16)21-12/h6-7,9H,8H2,1-5H3,(H2,16,18). The van der Waals surface area contributed by atoms with Crippen LogP contribution < -0.4 is 11.3 Å². The molecule has 2 aromatic heterocycles. The average Bonchev–Trinajstić information content (AvgIpc) is 2.76. The van der Waals surface area contributed by atoms with Crippen LogP contribution in [0.25, 0.3) is 10.6 Å². The molecule has 0 aliphatic heterocycles. The third-order valence-electron chi connectivity index (χ3n) is 3.16. The lowest BCUT2D eigenvalue weighted by molar-refractivity contribution is 0.448. The Morgan fingerprint density at radius 3 is 2.43 bits per heavy atom. The van der Waals surface area contributed by atoms with Crippen molar-refractivity contribution in [1.82, 2.24) is 14.8 Å². The molecule has 0 bridgehead atoms. The van der Waals surface area contributed by atoms with Gasteiger partial charge >= 0.3 is 0 Å². The van der Waals surface area contributed by atoms with Crippen LogP contribution >= 0.6 is 11.3 Å². The zero-order chi connectivity index (χ0) is 15.8. The van der Waals surface area contributed by atoms with Crippen molar-refractivity contribution in [3.63, 3.8) is 0 Å². The normalized spacial score (nSPS) is 12.1. The van der Waals surface area contributed by atoms with E-state index in [0.717, 1.165) is 5.69 Å². The maximum absolute atomic E-state index is 12.8. The van der Waals surface area contributed by atoms with Crippen molar-refractivity contribution in [2.24, 2.45) is 5.92 Å². The molecule has 0 fully saturated rings. The molecular formula is C15H22N4OS. The van der Waals surface area contributed by atoms with Gasteiger partial charge in [0.25, 0.3) is 5.56 Å². The van der Waals surface area contributed by atoms with E-state index in [-0.39, 0.29) is 11.0 Å². The summed E-state index contributed by atoms with van der Waals surface area (Å²) in [5.74, 6) is 0.388. The molecule has 0 amide bonds. The lowest BCUT2D eigenvalue weighted by Gasteiger charge is -2.25. The number of nitrogen functional groups attached to an aromatic ring is 1. The molecule has 0 radical (unpaired) electrons. The van der Waals surface area contributed by atoms with Crippen LogP contribution in [0.2, 0.25) is 0 Å². The van der Waals surface area contributed by atoms with Crippen molar-refractivity contribution in [2.75, 3.05) is 5.73 Å². The van der Waals surface area contributed by atoms with Gasteiger partial charge in [0.2, 0.25) is 5.13 Å². The largest absolute Gasteiger partial charge is 0.374 e. The smallest absolute Gasteiger partial charge is 0.261 e. The summed E-state index contributed by atoms with van der Waals surface area (Å²) in [5.41, 5.74) is 7.11. The number of rotatable bonds is 3. The molecule has 5 nitrogen and oxygen atoms in total. The van der Waals surface area contributed by atoms with Crippen LogP contribution in [0.15, 0.2) is 16.9 Å². The van der Waals surface area contributed by atoms with E-state index in [0.29, 0.717) is 28.2 Å². The van der Waals surface area contributed by atoms with Gasteiger partial charge in [-0.1, -0.05) is 46.0 Å². The van der Waals surface area contributed by atoms with Gasteiger partial charge in [0.1, 0.15) is 0 Å². The molecule has 2 heterocycles. The molecule has 0 saturated carbocycles. The van der Waals surface area contributed by atoms with E-state index < -0.39 is 0 Å². The van der Waals surface area contributed by atoms with Gasteiger partial charge in [0.05, 0.1) is 5.56 Å². The van der Waals surface area contributed by atoms with Crippen molar-refractivity contribution in [3.8, 4) is 10.6 Å². The van der Waals surface area contributed by atoms with Crippen LogP contribution in [0.3, 0.4) is 0 Å².